The van der Waals surface area contributed by atoms with Gasteiger partial charge in [0.2, 0.25) is 0 Å². The monoisotopic (exact) mass is 331 g/mol. The lowest BCUT2D eigenvalue weighted by Crippen LogP contribution is -2.01. The molecule has 6 nitrogen and oxygen atoms in total. The van der Waals surface area contributed by atoms with Gasteiger partial charge >= 0.3 is 11.9 Å². The molecule has 7 heteroatoms. The van der Waals surface area contributed by atoms with Gasteiger partial charge in [-0.25, -0.2) is 9.59 Å². The Balaban J connectivity index is 1.95. The molecule has 0 fully saturated rings. The van der Waals surface area contributed by atoms with Gasteiger partial charge in [-0.1, -0.05) is 16.8 Å². The number of hydrogen-bond donors (Lipinski definition) is 1. The highest BCUT2D eigenvalue weighted by molar-refractivity contribution is 6.33. The SMILES string of the molecule is CC1=NOC(=O)/C1=C\c1ccc(-c2ccc(Cl)c(C(=O)O)c2)o1. The van der Waals surface area contributed by atoms with Gasteiger partial charge in [0.15, 0.2) is 0 Å². The number of hydrogen-bond acceptors (Lipinski definition) is 5. The summed E-state index contributed by atoms with van der Waals surface area (Å²) in [5, 5.41) is 12.8. The van der Waals surface area contributed by atoms with Crippen LogP contribution >= 0.6 is 11.6 Å². The second-order valence-corrected chi connectivity index (χ2v) is 5.22. The van der Waals surface area contributed by atoms with Crippen LogP contribution in [-0.4, -0.2) is 22.8 Å². The summed E-state index contributed by atoms with van der Waals surface area (Å²) in [5.41, 5.74) is 1.33. The summed E-state index contributed by atoms with van der Waals surface area (Å²) < 4.78 is 5.63. The van der Waals surface area contributed by atoms with Crippen LogP contribution in [0.15, 0.2) is 45.5 Å². The maximum atomic E-state index is 11.5. The summed E-state index contributed by atoms with van der Waals surface area (Å²) >= 11 is 5.84. The predicted octanol–water partition coefficient (Wildman–Crippen LogP) is 3.61. The van der Waals surface area contributed by atoms with Gasteiger partial charge in [-0.2, -0.15) is 0 Å². The number of nitrogens with zero attached hydrogens (tertiary/aromatic N) is 1. The normalized spacial score (nSPS) is 15.7. The molecule has 1 aliphatic rings. The molecule has 0 amide bonds. The van der Waals surface area contributed by atoms with Crippen LogP contribution in [0.25, 0.3) is 17.4 Å². The Kier molecular flexibility index (Phi) is 3.75. The van der Waals surface area contributed by atoms with E-state index in [1.54, 1.807) is 25.1 Å². The van der Waals surface area contributed by atoms with Gasteiger partial charge in [0.05, 0.1) is 21.9 Å². The number of halogens is 1. The highest BCUT2D eigenvalue weighted by Gasteiger charge is 2.22. The number of oxime groups is 1. The molecule has 1 N–H and O–H groups in total. The molecule has 0 bridgehead atoms. The maximum absolute atomic E-state index is 11.5. The zero-order valence-electron chi connectivity index (χ0n) is 11.9. The lowest BCUT2D eigenvalue weighted by atomic mass is 10.1. The Hall–Kier alpha value is -2.86. The van der Waals surface area contributed by atoms with E-state index in [0.29, 0.717) is 28.4 Å². The number of carbonyl (C=O) groups excluding carboxylic acids is 1. The average molecular weight is 332 g/mol. The Morgan fingerprint density at radius 1 is 1.30 bits per heavy atom. The number of carboxylic acid groups (broad SMARTS) is 1. The van der Waals surface area contributed by atoms with Crippen molar-refractivity contribution in [2.24, 2.45) is 5.16 Å². The molecule has 0 saturated heterocycles. The van der Waals surface area contributed by atoms with Gasteiger partial charge in [0.25, 0.3) is 0 Å². The first-order valence-corrected chi connectivity index (χ1v) is 6.94. The largest absolute Gasteiger partial charge is 0.478 e. The number of rotatable bonds is 3. The van der Waals surface area contributed by atoms with Gasteiger partial charge in [0, 0.05) is 5.56 Å². The van der Waals surface area contributed by atoms with Crippen molar-refractivity contribution < 1.29 is 24.0 Å². The minimum Gasteiger partial charge on any atom is -0.478 e. The summed E-state index contributed by atoms with van der Waals surface area (Å²) in [6.07, 6.45) is 1.52. The molecular weight excluding hydrogens is 322 g/mol. The first-order chi connectivity index (χ1) is 11.0. The van der Waals surface area contributed by atoms with Crippen molar-refractivity contribution in [2.45, 2.75) is 6.92 Å². The van der Waals surface area contributed by atoms with E-state index in [4.69, 9.17) is 21.1 Å². The topological polar surface area (TPSA) is 89.1 Å². The summed E-state index contributed by atoms with van der Waals surface area (Å²) in [5.74, 6) is -0.779. The Morgan fingerprint density at radius 3 is 2.74 bits per heavy atom. The number of benzene rings is 1. The summed E-state index contributed by atoms with van der Waals surface area (Å²) in [4.78, 5) is 27.2. The smallest absolute Gasteiger partial charge is 0.367 e. The second-order valence-electron chi connectivity index (χ2n) is 4.82. The predicted molar refractivity (Wildman–Crippen MR) is 83.3 cm³/mol. The molecule has 1 aromatic heterocycles. The highest BCUT2D eigenvalue weighted by Crippen LogP contribution is 2.28. The second kappa shape index (κ2) is 5.73. The highest BCUT2D eigenvalue weighted by atomic mass is 35.5. The Labute approximate surface area is 135 Å². The van der Waals surface area contributed by atoms with Crippen LogP contribution in [0.2, 0.25) is 5.02 Å². The van der Waals surface area contributed by atoms with E-state index >= 15 is 0 Å². The van der Waals surface area contributed by atoms with Crippen molar-refractivity contribution in [1.82, 2.24) is 0 Å². The van der Waals surface area contributed by atoms with Crippen molar-refractivity contribution >= 4 is 35.3 Å². The van der Waals surface area contributed by atoms with Gasteiger partial charge in [-0.3, -0.25) is 0 Å². The summed E-state index contributed by atoms with van der Waals surface area (Å²) in [7, 11) is 0. The van der Waals surface area contributed by atoms with Crippen molar-refractivity contribution in [3.63, 3.8) is 0 Å². The Morgan fingerprint density at radius 2 is 2.09 bits per heavy atom. The van der Waals surface area contributed by atoms with E-state index in [2.05, 4.69) is 9.99 Å². The minimum absolute atomic E-state index is 0.0113. The first-order valence-electron chi connectivity index (χ1n) is 6.57. The number of carbonyl (C=O) groups is 2. The molecule has 0 unspecified atom stereocenters. The van der Waals surface area contributed by atoms with Crippen LogP contribution in [0.4, 0.5) is 0 Å². The van der Waals surface area contributed by atoms with Crippen LogP contribution in [0.1, 0.15) is 23.0 Å². The lowest BCUT2D eigenvalue weighted by Gasteiger charge is -2.02. The van der Waals surface area contributed by atoms with Crippen molar-refractivity contribution in [3.05, 3.63) is 52.3 Å². The van der Waals surface area contributed by atoms with Gasteiger partial charge in [0.1, 0.15) is 11.5 Å². The molecule has 3 rings (SSSR count). The molecule has 116 valence electrons. The van der Waals surface area contributed by atoms with Gasteiger partial charge in [-0.05, 0) is 43.3 Å². The third kappa shape index (κ3) is 2.89. The van der Waals surface area contributed by atoms with Crippen LogP contribution in [-0.2, 0) is 9.63 Å². The third-order valence-electron chi connectivity index (χ3n) is 3.27. The summed E-state index contributed by atoms with van der Waals surface area (Å²) in [6, 6.07) is 7.91. The van der Waals surface area contributed by atoms with E-state index in [9.17, 15) is 9.59 Å². The molecule has 1 aliphatic heterocycles. The van der Waals surface area contributed by atoms with Gasteiger partial charge < -0.3 is 14.4 Å². The molecule has 2 aromatic rings. The zero-order chi connectivity index (χ0) is 16.6. The third-order valence-corrected chi connectivity index (χ3v) is 3.60. The molecule has 0 aliphatic carbocycles. The zero-order valence-corrected chi connectivity index (χ0v) is 12.6. The van der Waals surface area contributed by atoms with Crippen molar-refractivity contribution in [2.75, 3.05) is 0 Å². The quantitative estimate of drug-likeness (QED) is 0.685. The molecule has 0 radical (unpaired) electrons. The van der Waals surface area contributed by atoms with E-state index in [-0.39, 0.29) is 10.6 Å². The fraction of sp³-hybridized carbons (Fsp3) is 0.0625. The van der Waals surface area contributed by atoms with Crippen LogP contribution < -0.4 is 0 Å². The first kappa shape index (κ1) is 15.1. The van der Waals surface area contributed by atoms with E-state index in [1.807, 2.05) is 0 Å². The fourth-order valence-electron chi connectivity index (χ4n) is 2.09. The van der Waals surface area contributed by atoms with Crippen LogP contribution in [0.3, 0.4) is 0 Å². The molecule has 0 saturated carbocycles. The Bertz CT molecular complexity index is 878. The van der Waals surface area contributed by atoms with Crippen molar-refractivity contribution in [3.8, 4) is 11.3 Å². The fourth-order valence-corrected chi connectivity index (χ4v) is 2.29. The number of furan rings is 1. The molecule has 2 heterocycles. The average Bonchev–Trinajstić information content (AvgIpc) is 3.10. The number of aromatic carboxylic acids is 1. The molecule has 0 spiro atoms. The molecule has 1 aromatic carbocycles. The van der Waals surface area contributed by atoms with E-state index in [1.165, 1.54) is 18.2 Å². The summed E-state index contributed by atoms with van der Waals surface area (Å²) in [6.45, 7) is 1.65. The number of carboxylic acids is 1. The van der Waals surface area contributed by atoms with Gasteiger partial charge in [-0.15, -0.1) is 0 Å². The van der Waals surface area contributed by atoms with Crippen LogP contribution in [0.5, 0.6) is 0 Å². The minimum atomic E-state index is -1.12. The molecule has 23 heavy (non-hydrogen) atoms. The lowest BCUT2D eigenvalue weighted by molar-refractivity contribution is -0.136. The standard InChI is InChI=1S/C16H10ClNO5/c1-8-11(16(21)23-18-8)7-10-3-5-14(22-10)9-2-4-13(17)12(6-9)15(19)20/h2-7H,1H3,(H,19,20)/b11-7-. The van der Waals surface area contributed by atoms with E-state index in [0.717, 1.165) is 0 Å². The van der Waals surface area contributed by atoms with Crippen molar-refractivity contribution in [1.29, 1.82) is 0 Å². The maximum Gasteiger partial charge on any atom is 0.367 e. The molecule has 0 atom stereocenters. The van der Waals surface area contributed by atoms with Crippen LogP contribution in [0, 0.1) is 0 Å². The molecular formula is C16H10ClNO5. The van der Waals surface area contributed by atoms with E-state index < -0.39 is 11.9 Å².